The van der Waals surface area contributed by atoms with E-state index in [2.05, 4.69) is 17.0 Å². The average Bonchev–Trinajstić information content (AvgIpc) is 2.36. The number of rotatable bonds is 6. The van der Waals surface area contributed by atoms with Crippen LogP contribution in [0.1, 0.15) is 43.7 Å². The summed E-state index contributed by atoms with van der Waals surface area (Å²) in [6.45, 7) is 6.40. The van der Waals surface area contributed by atoms with Crippen molar-refractivity contribution in [1.82, 2.24) is 4.72 Å². The first-order valence-electron chi connectivity index (χ1n) is 7.62. The molecule has 1 aromatic carbocycles. The van der Waals surface area contributed by atoms with Crippen LogP contribution in [0.2, 0.25) is 0 Å². The number of sulfonamides is 1. The van der Waals surface area contributed by atoms with Crippen molar-refractivity contribution in [3.8, 4) is 0 Å². The molecule has 4 nitrogen and oxygen atoms in total. The van der Waals surface area contributed by atoms with Gasteiger partial charge in [-0.2, -0.15) is 0 Å². The highest BCUT2D eigenvalue weighted by Gasteiger charge is 2.36. The van der Waals surface area contributed by atoms with E-state index in [1.165, 1.54) is 6.42 Å². The summed E-state index contributed by atoms with van der Waals surface area (Å²) in [6.07, 6.45) is 4.50. The van der Waals surface area contributed by atoms with Crippen LogP contribution in [0.4, 0.5) is 5.69 Å². The molecule has 1 aliphatic rings. The lowest BCUT2D eigenvalue weighted by Gasteiger charge is -2.41. The van der Waals surface area contributed by atoms with E-state index >= 15 is 0 Å². The zero-order valence-corrected chi connectivity index (χ0v) is 14.2. The van der Waals surface area contributed by atoms with Crippen LogP contribution in [-0.2, 0) is 10.0 Å². The fourth-order valence-electron chi connectivity index (χ4n) is 3.17. The van der Waals surface area contributed by atoms with Gasteiger partial charge in [0.15, 0.2) is 0 Å². The third-order valence-electron chi connectivity index (χ3n) is 4.82. The van der Waals surface area contributed by atoms with Gasteiger partial charge in [-0.1, -0.05) is 13.3 Å². The average molecular weight is 310 g/mol. The molecular weight excluding hydrogens is 284 g/mol. The van der Waals surface area contributed by atoms with E-state index in [4.69, 9.17) is 0 Å². The van der Waals surface area contributed by atoms with Crippen molar-refractivity contribution < 1.29 is 8.42 Å². The summed E-state index contributed by atoms with van der Waals surface area (Å²) in [7, 11) is -1.61. The van der Waals surface area contributed by atoms with Crippen molar-refractivity contribution in [2.24, 2.45) is 5.41 Å². The molecule has 1 aromatic rings. The molecule has 0 unspecified atom stereocenters. The fourth-order valence-corrected chi connectivity index (χ4v) is 4.78. The van der Waals surface area contributed by atoms with Gasteiger partial charge in [0, 0.05) is 19.3 Å². The summed E-state index contributed by atoms with van der Waals surface area (Å²) in [4.78, 5) is 0.423. The van der Waals surface area contributed by atoms with Crippen LogP contribution in [0.5, 0.6) is 0 Å². The minimum absolute atomic E-state index is 0.180. The van der Waals surface area contributed by atoms with Gasteiger partial charge in [-0.3, -0.25) is 0 Å². The second-order valence-electron chi connectivity index (χ2n) is 6.22. The van der Waals surface area contributed by atoms with Crippen LogP contribution in [0, 0.1) is 19.3 Å². The molecule has 0 saturated heterocycles. The molecule has 2 N–H and O–H groups in total. The lowest BCUT2D eigenvalue weighted by molar-refractivity contribution is 0.133. The first kappa shape index (κ1) is 16.3. The quantitative estimate of drug-likeness (QED) is 0.848. The van der Waals surface area contributed by atoms with Crippen LogP contribution in [0.15, 0.2) is 17.0 Å². The second-order valence-corrected chi connectivity index (χ2v) is 7.92. The maximum absolute atomic E-state index is 12.6. The number of benzene rings is 1. The van der Waals surface area contributed by atoms with E-state index in [0.717, 1.165) is 36.1 Å². The number of hydrogen-bond donors (Lipinski definition) is 2. The molecule has 0 bridgehead atoms. The maximum Gasteiger partial charge on any atom is 0.241 e. The first-order valence-corrected chi connectivity index (χ1v) is 9.10. The Morgan fingerprint density at radius 2 is 1.76 bits per heavy atom. The fraction of sp³-hybridized carbons (Fsp3) is 0.625. The van der Waals surface area contributed by atoms with Crippen molar-refractivity contribution in [2.75, 3.05) is 18.9 Å². The molecule has 0 atom stereocenters. The minimum atomic E-state index is -3.44. The molecule has 118 valence electrons. The summed E-state index contributed by atoms with van der Waals surface area (Å²) in [5.41, 5.74) is 2.68. The lowest BCUT2D eigenvalue weighted by Crippen LogP contribution is -2.41. The van der Waals surface area contributed by atoms with Crippen LogP contribution in [0.25, 0.3) is 0 Å². The van der Waals surface area contributed by atoms with Gasteiger partial charge in [0.1, 0.15) is 0 Å². The van der Waals surface area contributed by atoms with Gasteiger partial charge >= 0.3 is 0 Å². The Hall–Kier alpha value is -1.07. The highest BCUT2D eigenvalue weighted by Crippen LogP contribution is 2.43. The van der Waals surface area contributed by atoms with Crippen LogP contribution < -0.4 is 10.0 Å². The number of anilines is 1. The third-order valence-corrected chi connectivity index (χ3v) is 6.52. The summed E-state index contributed by atoms with van der Waals surface area (Å²) in [5, 5.41) is 3.06. The van der Waals surface area contributed by atoms with Gasteiger partial charge < -0.3 is 5.32 Å². The van der Waals surface area contributed by atoms with Gasteiger partial charge in [-0.05, 0) is 61.8 Å². The zero-order chi connectivity index (χ0) is 15.7. The number of hydrogen-bond acceptors (Lipinski definition) is 3. The normalized spacial score (nSPS) is 17.3. The highest BCUT2D eigenvalue weighted by molar-refractivity contribution is 7.89. The van der Waals surface area contributed by atoms with Crippen LogP contribution in [-0.4, -0.2) is 22.0 Å². The Morgan fingerprint density at radius 3 is 2.14 bits per heavy atom. The molecule has 5 heteroatoms. The summed E-state index contributed by atoms with van der Waals surface area (Å²) in [6, 6.07) is 3.75. The molecule has 1 fully saturated rings. The molecule has 2 rings (SSSR count). The highest BCUT2D eigenvalue weighted by atomic mass is 32.2. The monoisotopic (exact) mass is 310 g/mol. The number of aryl methyl sites for hydroxylation is 2. The Morgan fingerprint density at radius 1 is 1.19 bits per heavy atom. The SMILES string of the molecule is CCC1(CNS(=O)(=O)c2c(C)cc(NC)cc2C)CCC1. The Balaban J connectivity index is 2.24. The van der Waals surface area contributed by atoms with Crippen molar-refractivity contribution in [3.63, 3.8) is 0 Å². The zero-order valence-electron chi connectivity index (χ0n) is 13.4. The molecular formula is C16H26N2O2S. The van der Waals surface area contributed by atoms with E-state index < -0.39 is 10.0 Å². The summed E-state index contributed by atoms with van der Waals surface area (Å²) in [5.74, 6) is 0. The predicted octanol–water partition coefficient (Wildman–Crippen LogP) is 3.20. The first-order chi connectivity index (χ1) is 9.83. The molecule has 1 saturated carbocycles. The molecule has 21 heavy (non-hydrogen) atoms. The molecule has 0 radical (unpaired) electrons. The Kier molecular flexibility index (Phi) is 4.63. The van der Waals surface area contributed by atoms with E-state index in [0.29, 0.717) is 11.4 Å². The van der Waals surface area contributed by atoms with Crippen molar-refractivity contribution in [2.45, 2.75) is 51.3 Å². The van der Waals surface area contributed by atoms with E-state index in [1.54, 1.807) is 0 Å². The standard InChI is InChI=1S/C16H26N2O2S/c1-5-16(7-6-8-16)11-18-21(19,20)15-12(2)9-14(17-4)10-13(15)3/h9-10,17-18H,5-8,11H2,1-4H3. The van der Waals surface area contributed by atoms with E-state index in [9.17, 15) is 8.42 Å². The smallest absolute Gasteiger partial charge is 0.241 e. The molecule has 1 aliphatic carbocycles. The van der Waals surface area contributed by atoms with Crippen molar-refractivity contribution in [3.05, 3.63) is 23.3 Å². The third kappa shape index (κ3) is 3.24. The van der Waals surface area contributed by atoms with Gasteiger partial charge in [0.25, 0.3) is 0 Å². The topological polar surface area (TPSA) is 58.2 Å². The molecule has 0 aromatic heterocycles. The van der Waals surface area contributed by atoms with Gasteiger partial charge in [0.05, 0.1) is 4.90 Å². The van der Waals surface area contributed by atoms with Crippen molar-refractivity contribution >= 4 is 15.7 Å². The lowest BCUT2D eigenvalue weighted by atomic mass is 9.67. The molecule has 0 aliphatic heterocycles. The van der Waals surface area contributed by atoms with Crippen LogP contribution in [0.3, 0.4) is 0 Å². The van der Waals surface area contributed by atoms with Gasteiger partial charge in [-0.25, -0.2) is 13.1 Å². The second kappa shape index (κ2) is 5.97. The van der Waals surface area contributed by atoms with E-state index in [-0.39, 0.29) is 5.41 Å². The Bertz CT molecular complexity index is 591. The van der Waals surface area contributed by atoms with E-state index in [1.807, 2.05) is 33.0 Å². The Labute approximate surface area is 128 Å². The predicted molar refractivity (Wildman–Crippen MR) is 87.2 cm³/mol. The van der Waals surface area contributed by atoms with Gasteiger partial charge in [-0.15, -0.1) is 0 Å². The minimum Gasteiger partial charge on any atom is -0.388 e. The largest absolute Gasteiger partial charge is 0.388 e. The molecule has 0 heterocycles. The summed E-state index contributed by atoms with van der Waals surface area (Å²) < 4.78 is 28.1. The maximum atomic E-state index is 12.6. The molecule has 0 spiro atoms. The number of nitrogens with one attached hydrogen (secondary N) is 2. The summed E-state index contributed by atoms with van der Waals surface area (Å²) >= 11 is 0. The van der Waals surface area contributed by atoms with Crippen molar-refractivity contribution in [1.29, 1.82) is 0 Å². The van der Waals surface area contributed by atoms with Crippen LogP contribution >= 0.6 is 0 Å². The van der Waals surface area contributed by atoms with Gasteiger partial charge in [0.2, 0.25) is 10.0 Å². The molecule has 0 amide bonds.